The summed E-state index contributed by atoms with van der Waals surface area (Å²) in [6, 6.07) is 69.3. The molecule has 0 radical (unpaired) electrons. The molecule has 5 saturated heterocycles. The van der Waals surface area contributed by atoms with Crippen LogP contribution < -0.4 is 45.7 Å². The summed E-state index contributed by atoms with van der Waals surface area (Å²) in [5.74, 6) is 1.36. The number of carboxylic acids is 1. The number of benzene rings is 9. The molecule has 0 unspecified atom stereocenters. The van der Waals surface area contributed by atoms with E-state index in [2.05, 4.69) is 69.8 Å². The number of nitrogens with one attached hydrogen (secondary N) is 3. The van der Waals surface area contributed by atoms with Crippen molar-refractivity contribution in [2.75, 3.05) is 118 Å². The quantitative estimate of drug-likeness (QED) is 0.0406. The average Bonchev–Trinajstić information content (AvgIpc) is 1.55. The maximum absolute atomic E-state index is 13.5. The number of carbonyl (C=O) groups is 11. The lowest BCUT2D eigenvalue weighted by Gasteiger charge is -2.46. The Morgan fingerprint density at radius 1 is 0.421 bits per heavy atom. The largest absolute Gasteiger partial charge is 0.497 e. The van der Waals surface area contributed by atoms with Gasteiger partial charge in [-0.3, -0.25) is 28.8 Å². The molecule has 0 bridgehead atoms. The van der Waals surface area contributed by atoms with Gasteiger partial charge in [-0.1, -0.05) is 134 Å². The molecule has 9 aromatic carbocycles. The smallest absolute Gasteiger partial charge is 0.410 e. The average molecular weight is 2200 g/mol. The second kappa shape index (κ2) is 47.9. The van der Waals surface area contributed by atoms with Crippen molar-refractivity contribution in [1.82, 2.24) is 24.5 Å². The first kappa shape index (κ1) is 112. The fourth-order valence-corrected chi connectivity index (χ4v) is 17.9. The first-order valence-electron chi connectivity index (χ1n) is 47.7. The van der Waals surface area contributed by atoms with Gasteiger partial charge in [0.15, 0.2) is 0 Å². The number of anilines is 6. The molecule has 35 heteroatoms. The van der Waals surface area contributed by atoms with Crippen LogP contribution in [-0.4, -0.2) is 210 Å². The van der Waals surface area contributed by atoms with E-state index >= 15 is 0 Å². The number of hydrogen-bond acceptors (Lipinski definition) is 20. The maximum Gasteiger partial charge on any atom is 0.410 e. The minimum Gasteiger partial charge on any atom is -0.497 e. The van der Waals surface area contributed by atoms with Gasteiger partial charge in [-0.2, -0.15) is 0 Å². The number of aliphatic carboxylic acids is 1. The van der Waals surface area contributed by atoms with Crippen LogP contribution in [0.15, 0.2) is 232 Å². The van der Waals surface area contributed by atoms with Crippen LogP contribution >= 0.6 is 59.4 Å². The molecule has 774 valence electrons. The number of hydrogen-bond donors (Lipinski definition) is 5. The monoisotopic (exact) mass is 2200 g/mol. The molecule has 0 atom stereocenters. The van der Waals surface area contributed by atoms with E-state index in [9.17, 15) is 52.7 Å². The molecule has 1 saturated carbocycles. The van der Waals surface area contributed by atoms with Crippen LogP contribution in [0.25, 0.3) is 0 Å². The van der Waals surface area contributed by atoms with Gasteiger partial charge in [0.25, 0.3) is 0 Å². The zero-order chi connectivity index (χ0) is 106. The van der Waals surface area contributed by atoms with E-state index in [0.717, 1.165) is 105 Å². The van der Waals surface area contributed by atoms with E-state index in [0.29, 0.717) is 71.3 Å². The van der Waals surface area contributed by atoms with Crippen molar-refractivity contribution in [2.24, 2.45) is 17.8 Å². The number of likely N-dealkylation sites (tertiary alicyclic amines) is 5. The van der Waals surface area contributed by atoms with Gasteiger partial charge < -0.3 is 99.0 Å². The second-order valence-electron chi connectivity index (χ2n) is 41.3. The van der Waals surface area contributed by atoms with Crippen LogP contribution in [0.2, 0.25) is 0 Å². The fraction of sp³-hybridized carbons (Fsp3) is 0.409. The number of halogens is 4. The van der Waals surface area contributed by atoms with Gasteiger partial charge in [0.05, 0.1) is 69.0 Å². The highest BCUT2D eigenvalue weighted by Crippen LogP contribution is 2.52. The first-order chi connectivity index (χ1) is 68.3. The number of nitrogen functional groups attached to an aromatic ring is 1. The molecule has 6 N–H and O–H groups in total. The lowest BCUT2D eigenvalue weighted by molar-refractivity contribution is -0.147. The lowest BCUT2D eigenvalue weighted by atomic mass is 9.65. The number of fused-ring (bicyclic) bond motifs is 6. The minimum atomic E-state index is -0.857. The Bertz CT molecular complexity index is 6040. The van der Waals surface area contributed by atoms with Crippen molar-refractivity contribution < 1.29 is 95.7 Å². The summed E-state index contributed by atoms with van der Waals surface area (Å²) in [6.07, 6.45) is 1.31. The summed E-state index contributed by atoms with van der Waals surface area (Å²) in [5, 5.41) is 17.3. The van der Waals surface area contributed by atoms with Crippen molar-refractivity contribution in [3.8, 4) is 17.2 Å². The van der Waals surface area contributed by atoms with Crippen LogP contribution in [0.5, 0.6) is 17.2 Å². The molecule has 1 aliphatic carbocycles. The van der Waals surface area contributed by atoms with Gasteiger partial charge in [-0.25, -0.2) is 24.0 Å². The zero-order valence-corrected chi connectivity index (χ0v) is 90.8. The number of carboxylic acid groups (broad SMARTS) is 1. The number of ether oxygens (including phenoxy) is 8. The molecule has 18 rings (SSSR count). The molecular weight excluding hydrogens is 2070 g/mol. The van der Waals surface area contributed by atoms with Crippen molar-refractivity contribution in [3.63, 3.8) is 0 Å². The van der Waals surface area contributed by atoms with Crippen molar-refractivity contribution in [3.05, 3.63) is 265 Å². The summed E-state index contributed by atoms with van der Waals surface area (Å²) >= 11 is 15.8. The Balaban J connectivity index is 0.000000163. The molecule has 145 heavy (non-hydrogen) atoms. The summed E-state index contributed by atoms with van der Waals surface area (Å²) in [6.45, 7) is 31.7. The minimum absolute atomic E-state index is 0.0162. The Morgan fingerprint density at radius 3 is 1.18 bits per heavy atom. The van der Waals surface area contributed by atoms with Gasteiger partial charge >= 0.3 is 36.4 Å². The van der Waals surface area contributed by atoms with E-state index in [1.165, 1.54) is 21.8 Å². The third-order valence-corrected chi connectivity index (χ3v) is 26.8. The molecule has 9 aromatic rings. The number of methoxy groups -OCH3 is 3. The molecule has 31 nitrogen and oxygen atoms in total. The van der Waals surface area contributed by atoms with E-state index in [1.807, 2.05) is 300 Å². The van der Waals surface area contributed by atoms with Gasteiger partial charge in [0, 0.05) is 107 Å². The van der Waals surface area contributed by atoms with E-state index in [-0.39, 0.29) is 84.2 Å². The Morgan fingerprint density at radius 2 is 0.779 bits per heavy atom. The van der Waals surface area contributed by atoms with E-state index in [1.54, 1.807) is 61.7 Å². The van der Waals surface area contributed by atoms with Gasteiger partial charge in [0.1, 0.15) is 56.1 Å². The summed E-state index contributed by atoms with van der Waals surface area (Å²) in [7, 11) is 4.90. The lowest BCUT2D eigenvalue weighted by Crippen LogP contribution is -2.65. The third-order valence-electron chi connectivity index (χ3n) is 24.4. The summed E-state index contributed by atoms with van der Waals surface area (Å²) in [4.78, 5) is 144. The summed E-state index contributed by atoms with van der Waals surface area (Å²) in [5.41, 5.74) is 12.8. The Kier molecular flexibility index (Phi) is 37.2. The number of nitrogens with zero attached hydrogens (tertiary/aromatic N) is 7. The van der Waals surface area contributed by atoms with Gasteiger partial charge in [0.2, 0.25) is 29.5 Å². The van der Waals surface area contributed by atoms with Crippen molar-refractivity contribution in [1.29, 1.82) is 0 Å². The van der Waals surface area contributed by atoms with Crippen LogP contribution in [0, 0.1) is 17.8 Å². The number of rotatable bonds is 13. The van der Waals surface area contributed by atoms with Gasteiger partial charge in [-0.05, 0) is 289 Å². The predicted octanol–water partition coefficient (Wildman–Crippen LogP) is 21.4. The zero-order valence-electron chi connectivity index (χ0n) is 85.3. The summed E-state index contributed by atoms with van der Waals surface area (Å²) < 4.78 is 44.5. The highest BCUT2D eigenvalue weighted by molar-refractivity contribution is 9.11. The number of carbonyl (C=O) groups excluding carboxylic acids is 10. The SMILES string of the molecule is CC(C)(C)OC(=O)N1CC(C(=O)Nc2ccccc2Br)C1.CC(C)(C)OC(=O)N1CC(C(=O)O)C1.CC(C)(C)OC(=O)N1CC2(C1)C(=O)Nc1ccccc12.COc1ccc(CCl)cc1.COc1ccc(CN(C(=O)C2CN(C(=O)OC(C)(C)C)C2)c2ccccc2Br)cc1.COc1ccc(CN2C(=O)C3(CN(C(=O)OC(C)(C)C)C3)c3ccccc32)cc1.Nc1ccccc1Br.O=C1Nc2ccccc2C12CCC2. The van der Waals surface area contributed by atoms with Gasteiger partial charge in [-0.15, -0.1) is 11.6 Å². The highest BCUT2D eigenvalue weighted by atomic mass is 79.9. The molecule has 3 spiro atoms. The molecule has 9 aliphatic rings. The third kappa shape index (κ3) is 29.5. The van der Waals surface area contributed by atoms with Crippen molar-refractivity contribution in [2.45, 2.75) is 186 Å². The Labute approximate surface area is 878 Å². The molecule has 10 amide bonds. The highest BCUT2D eigenvalue weighted by Gasteiger charge is 2.61. The second-order valence-corrected chi connectivity index (χ2v) is 44.1. The molecule has 8 aliphatic heterocycles. The predicted molar refractivity (Wildman–Crippen MR) is 569 cm³/mol. The number of amides is 10. The number of alkyl halides is 1. The molecule has 0 aromatic heterocycles. The van der Waals surface area contributed by atoms with E-state index in [4.69, 9.17) is 60.3 Å². The normalized spacial score (nSPS) is 16.1. The van der Waals surface area contributed by atoms with Crippen LogP contribution in [0.4, 0.5) is 58.1 Å². The van der Waals surface area contributed by atoms with Crippen molar-refractivity contribution >= 4 is 159 Å². The van der Waals surface area contributed by atoms with Crippen LogP contribution in [0.1, 0.15) is 156 Å². The van der Waals surface area contributed by atoms with E-state index < -0.39 is 56.8 Å². The molecule has 8 heterocycles. The maximum atomic E-state index is 13.5. The fourth-order valence-electron chi connectivity index (χ4n) is 16.6. The number of para-hydroxylation sites is 6. The van der Waals surface area contributed by atoms with Crippen LogP contribution in [-0.2, 0) is 87.7 Å². The first-order valence-corrected chi connectivity index (χ1v) is 50.6. The number of nitrogens with two attached hydrogens (primary N) is 1. The molecular formula is C110H131Br3ClN11O20. The van der Waals surface area contributed by atoms with Crippen LogP contribution in [0.3, 0.4) is 0 Å². The molecule has 6 fully saturated rings. The topological polar surface area (TPSA) is 367 Å². The standard InChI is InChI=1S/C23H27BrN2O4.C23H26N2O4.C15H19BrN2O3.C15H18N2O3.C11H11NO.C9H15NO4.C8H9ClO.C6H6BrN/c1-23(2,3)30-22(28)25-14-17(15-25)21(27)26(20-8-6-5-7-19(20)24)13-16-9-11-18(29-4)12-10-16;1-22(2,3)29-21(27)24-14-23(15-24)18-7-5-6-8-19(18)25(20(23)26)13-16-9-11-17(28-4)12-10-16;1-15(2,3)21-14(20)18-8-10(9-18)13(19)17-12-7-5-4-6-11(12)16;1-14(2,3)20-13(19)17-8-15(9-17)10-6-4-5-7-11(10)16-12(15)18;13-10-11(6-3-7-11)8-4-1-2-5-9(8)12-10;1-9(2,3)14-8(13)10-4-6(5-10)7(11)12;1-10-8-4-2-7(6-9)3-5-8;7-5-3-1-2-4-6(5)8/h5-12,17H,13-15H2,1-4H3;5-12H,13-15H2,1-4H3;4-7,10H,8-9H2,1-3H3,(H,17,19);4-7H,8-9H2,1-3H3,(H,16,18);1-2,4-5H,3,6-7H2,(H,12,13);6H,4-5H2,1-3H3,(H,11,12);2-5H,6H2,1H3;1-4H,8H2. The Hall–Kier alpha value is -12.9.